The van der Waals surface area contributed by atoms with Crippen molar-refractivity contribution < 1.29 is 0 Å². The van der Waals surface area contributed by atoms with Gasteiger partial charge < -0.3 is 5.32 Å². The summed E-state index contributed by atoms with van der Waals surface area (Å²) in [5.41, 5.74) is 2.16. The van der Waals surface area contributed by atoms with E-state index < -0.39 is 0 Å². The highest BCUT2D eigenvalue weighted by atomic mass is 79.9. The van der Waals surface area contributed by atoms with Gasteiger partial charge in [0.1, 0.15) is 0 Å². The van der Waals surface area contributed by atoms with E-state index in [1.165, 1.54) is 0 Å². The minimum absolute atomic E-state index is 0.120. The third-order valence-corrected chi connectivity index (χ3v) is 4.79. The molecule has 0 aromatic heterocycles. The zero-order chi connectivity index (χ0) is 14.7. The lowest BCUT2D eigenvalue weighted by Crippen LogP contribution is -2.19. The molecule has 0 fully saturated rings. The average molecular weight is 438 g/mol. The van der Waals surface area contributed by atoms with E-state index in [4.69, 9.17) is 23.2 Å². The maximum absolute atomic E-state index is 6.32. The van der Waals surface area contributed by atoms with Crippen molar-refractivity contribution in [3.8, 4) is 0 Å². The molecular weight excluding hydrogens is 425 g/mol. The maximum atomic E-state index is 6.32. The Morgan fingerprint density at radius 3 is 2.15 bits per heavy atom. The van der Waals surface area contributed by atoms with Crippen LogP contribution in [0.2, 0.25) is 10.0 Å². The minimum atomic E-state index is 0.120. The Morgan fingerprint density at radius 2 is 1.60 bits per heavy atom. The van der Waals surface area contributed by atoms with Crippen LogP contribution >= 0.6 is 55.1 Å². The van der Waals surface area contributed by atoms with Crippen molar-refractivity contribution in [2.45, 2.75) is 12.5 Å². The summed E-state index contributed by atoms with van der Waals surface area (Å²) in [7, 11) is 1.93. The van der Waals surface area contributed by atoms with E-state index in [-0.39, 0.29) is 6.04 Å². The number of halogens is 4. The summed E-state index contributed by atoms with van der Waals surface area (Å²) in [4.78, 5) is 0. The fraction of sp³-hybridized carbons (Fsp3) is 0.200. The maximum Gasteiger partial charge on any atom is 0.0465 e. The van der Waals surface area contributed by atoms with Crippen LogP contribution in [0.3, 0.4) is 0 Å². The zero-order valence-electron chi connectivity index (χ0n) is 10.8. The molecule has 0 heterocycles. The van der Waals surface area contributed by atoms with Crippen LogP contribution in [0.4, 0.5) is 0 Å². The molecular formula is C15H13Br2Cl2N. The second-order valence-electron chi connectivity index (χ2n) is 4.45. The molecule has 2 aromatic rings. The molecule has 0 saturated carbocycles. The first-order chi connectivity index (χ1) is 9.51. The van der Waals surface area contributed by atoms with Gasteiger partial charge in [-0.05, 0) is 48.9 Å². The van der Waals surface area contributed by atoms with Crippen molar-refractivity contribution in [3.05, 3.63) is 66.5 Å². The van der Waals surface area contributed by atoms with Gasteiger partial charge in [0.2, 0.25) is 0 Å². The molecule has 0 radical (unpaired) electrons. The van der Waals surface area contributed by atoms with Crippen LogP contribution in [-0.4, -0.2) is 7.05 Å². The largest absolute Gasteiger partial charge is 0.313 e. The fourth-order valence-corrected chi connectivity index (χ4v) is 3.61. The standard InChI is InChI=1S/C15H13Br2Cl2N/c1-20-15(12-5-4-11(17)8-14(12)19)6-9-2-3-10(16)7-13(9)18/h2-5,7-8,15,20H,6H2,1H3. The Hall–Kier alpha value is -0.0600. The predicted molar refractivity (Wildman–Crippen MR) is 93.8 cm³/mol. The number of hydrogen-bond acceptors (Lipinski definition) is 1. The summed E-state index contributed by atoms with van der Waals surface area (Å²) >= 11 is 19.4. The molecule has 0 bridgehead atoms. The monoisotopic (exact) mass is 435 g/mol. The van der Waals surface area contributed by atoms with Crippen molar-refractivity contribution in [3.63, 3.8) is 0 Å². The van der Waals surface area contributed by atoms with E-state index in [1.54, 1.807) is 0 Å². The highest BCUT2D eigenvalue weighted by Crippen LogP contribution is 2.31. The van der Waals surface area contributed by atoms with Gasteiger partial charge in [-0.2, -0.15) is 0 Å². The molecule has 2 aromatic carbocycles. The first kappa shape index (κ1) is 16.3. The van der Waals surface area contributed by atoms with E-state index in [1.807, 2.05) is 43.4 Å². The van der Waals surface area contributed by atoms with Crippen molar-refractivity contribution in [1.29, 1.82) is 0 Å². The van der Waals surface area contributed by atoms with Gasteiger partial charge in [0, 0.05) is 25.0 Å². The van der Waals surface area contributed by atoms with Gasteiger partial charge in [0.05, 0.1) is 0 Å². The summed E-state index contributed by atoms with van der Waals surface area (Å²) in [6, 6.07) is 12.0. The van der Waals surface area contributed by atoms with E-state index in [0.717, 1.165) is 36.5 Å². The van der Waals surface area contributed by atoms with Gasteiger partial charge in [0.25, 0.3) is 0 Å². The number of benzene rings is 2. The van der Waals surface area contributed by atoms with Crippen LogP contribution in [-0.2, 0) is 6.42 Å². The van der Waals surface area contributed by atoms with Gasteiger partial charge in [-0.1, -0.05) is 67.2 Å². The van der Waals surface area contributed by atoms with E-state index in [2.05, 4.69) is 37.2 Å². The van der Waals surface area contributed by atoms with Crippen molar-refractivity contribution in [1.82, 2.24) is 5.32 Å². The van der Waals surface area contributed by atoms with Crippen LogP contribution < -0.4 is 5.32 Å². The summed E-state index contributed by atoms with van der Waals surface area (Å²) in [5.74, 6) is 0. The number of rotatable bonds is 4. The van der Waals surface area contributed by atoms with Gasteiger partial charge in [-0.25, -0.2) is 0 Å². The molecule has 2 rings (SSSR count). The predicted octanol–water partition coefficient (Wildman–Crippen LogP) is 6.02. The molecule has 1 N–H and O–H groups in total. The molecule has 0 aliphatic rings. The summed E-state index contributed by atoms with van der Waals surface area (Å²) in [5, 5.41) is 4.80. The van der Waals surface area contributed by atoms with Crippen LogP contribution in [0.15, 0.2) is 45.3 Å². The summed E-state index contributed by atoms with van der Waals surface area (Å²) in [6.45, 7) is 0. The van der Waals surface area contributed by atoms with Gasteiger partial charge in [-0.15, -0.1) is 0 Å². The molecule has 5 heteroatoms. The molecule has 1 unspecified atom stereocenters. The van der Waals surface area contributed by atoms with Gasteiger partial charge in [-0.3, -0.25) is 0 Å². The lowest BCUT2D eigenvalue weighted by molar-refractivity contribution is 0.592. The topological polar surface area (TPSA) is 12.0 Å². The van der Waals surface area contributed by atoms with Gasteiger partial charge in [0.15, 0.2) is 0 Å². The average Bonchev–Trinajstić information content (AvgIpc) is 2.39. The van der Waals surface area contributed by atoms with Crippen LogP contribution in [0.5, 0.6) is 0 Å². The van der Waals surface area contributed by atoms with Crippen LogP contribution in [0.25, 0.3) is 0 Å². The normalized spacial score (nSPS) is 12.4. The van der Waals surface area contributed by atoms with E-state index in [0.29, 0.717) is 0 Å². The lowest BCUT2D eigenvalue weighted by atomic mass is 9.99. The Labute approximate surface area is 145 Å². The molecule has 0 spiro atoms. The first-order valence-corrected chi connectivity index (χ1v) is 8.41. The third kappa shape index (κ3) is 3.99. The lowest BCUT2D eigenvalue weighted by Gasteiger charge is -2.19. The summed E-state index contributed by atoms with van der Waals surface area (Å²) in [6.07, 6.45) is 0.782. The zero-order valence-corrected chi connectivity index (χ0v) is 15.4. The second kappa shape index (κ2) is 7.28. The number of likely N-dealkylation sites (N-methyl/N-ethyl adjacent to an activating group) is 1. The van der Waals surface area contributed by atoms with Crippen molar-refractivity contribution in [2.24, 2.45) is 0 Å². The smallest absolute Gasteiger partial charge is 0.0465 e. The highest BCUT2D eigenvalue weighted by Gasteiger charge is 2.15. The third-order valence-electron chi connectivity index (χ3n) is 3.13. The molecule has 106 valence electrons. The van der Waals surface area contributed by atoms with E-state index in [9.17, 15) is 0 Å². The van der Waals surface area contributed by atoms with E-state index >= 15 is 0 Å². The van der Waals surface area contributed by atoms with Crippen molar-refractivity contribution >= 4 is 55.1 Å². The Kier molecular flexibility index (Phi) is 5.94. The highest BCUT2D eigenvalue weighted by molar-refractivity contribution is 9.10. The quantitative estimate of drug-likeness (QED) is 0.616. The van der Waals surface area contributed by atoms with Gasteiger partial charge >= 0.3 is 0 Å². The molecule has 20 heavy (non-hydrogen) atoms. The Bertz CT molecular complexity index is 617. The minimum Gasteiger partial charge on any atom is -0.313 e. The molecule has 0 aliphatic heterocycles. The molecule has 1 atom stereocenters. The molecule has 0 amide bonds. The molecule has 0 saturated heterocycles. The first-order valence-electron chi connectivity index (χ1n) is 6.07. The van der Waals surface area contributed by atoms with Crippen LogP contribution in [0.1, 0.15) is 17.2 Å². The van der Waals surface area contributed by atoms with Crippen LogP contribution in [0, 0.1) is 0 Å². The second-order valence-corrected chi connectivity index (χ2v) is 7.09. The summed E-state index contributed by atoms with van der Waals surface area (Å²) < 4.78 is 1.96. The fourth-order valence-electron chi connectivity index (χ4n) is 2.06. The molecule has 0 aliphatic carbocycles. The SMILES string of the molecule is CNC(Cc1ccc(Br)cc1Cl)c1ccc(Br)cc1Cl. The molecule has 1 nitrogen and oxygen atoms in total. The number of hydrogen-bond donors (Lipinski definition) is 1. The van der Waals surface area contributed by atoms with Crippen molar-refractivity contribution in [2.75, 3.05) is 7.05 Å². The Balaban J connectivity index is 2.28. The number of nitrogens with one attached hydrogen (secondary N) is 1. The Morgan fingerprint density at radius 1 is 1.00 bits per heavy atom.